The Hall–Kier alpha value is -4.24. The van der Waals surface area contributed by atoms with E-state index in [2.05, 4.69) is 10.6 Å². The zero-order chi connectivity index (χ0) is 27.7. The summed E-state index contributed by atoms with van der Waals surface area (Å²) in [5, 5.41) is 16.3. The number of nitrogens with zero attached hydrogens (tertiary/aromatic N) is 3. The van der Waals surface area contributed by atoms with Crippen LogP contribution in [-0.4, -0.2) is 74.6 Å². The lowest BCUT2D eigenvalue weighted by atomic mass is 10.2. The number of nitro groups is 1. The number of thiocarbonyl (C=S) groups is 1. The summed E-state index contributed by atoms with van der Waals surface area (Å²) in [5.74, 6) is -1.31. The normalized spacial score (nSPS) is 14.9. The molecule has 4 N–H and O–H groups in total. The number of methoxy groups -OCH3 is 1. The van der Waals surface area contributed by atoms with Crippen molar-refractivity contribution in [3.63, 3.8) is 0 Å². The first-order chi connectivity index (χ1) is 18.2. The predicted octanol–water partition coefficient (Wildman–Crippen LogP) is 1.77. The molecule has 1 saturated heterocycles. The summed E-state index contributed by atoms with van der Waals surface area (Å²) in [6.45, 7) is 1.42. The Morgan fingerprint density at radius 2 is 2.16 bits per heavy atom. The Labute approximate surface area is 222 Å². The third kappa shape index (κ3) is 7.63. The maximum absolute atomic E-state index is 15.1. The van der Waals surface area contributed by atoms with Crippen molar-refractivity contribution in [2.45, 2.75) is 6.10 Å². The topological polar surface area (TPSA) is 165 Å². The van der Waals surface area contributed by atoms with Crippen LogP contribution in [-0.2, 0) is 14.3 Å². The van der Waals surface area contributed by atoms with Gasteiger partial charge in [0.1, 0.15) is 22.6 Å². The molecule has 2 heterocycles. The largest absolute Gasteiger partial charge is 0.474 e. The first kappa shape index (κ1) is 28.3. The fourth-order valence-electron chi connectivity index (χ4n) is 3.60. The van der Waals surface area contributed by atoms with Crippen LogP contribution in [0.4, 0.5) is 26.4 Å². The molecule has 0 spiro atoms. The summed E-state index contributed by atoms with van der Waals surface area (Å²) in [7, 11) is 1.42. The molecule has 1 aromatic carbocycles. The highest BCUT2D eigenvalue weighted by atomic mass is 32.1. The smallest absolute Gasteiger partial charge is 0.433 e. The van der Waals surface area contributed by atoms with Crippen molar-refractivity contribution < 1.29 is 32.8 Å². The molecule has 38 heavy (non-hydrogen) atoms. The molecule has 3 rings (SSSR count). The summed E-state index contributed by atoms with van der Waals surface area (Å²) in [5.41, 5.74) is 6.28. The van der Waals surface area contributed by atoms with E-state index in [1.54, 1.807) is 11.0 Å². The fourth-order valence-corrected chi connectivity index (χ4v) is 3.68. The predicted molar refractivity (Wildman–Crippen MR) is 140 cm³/mol. The van der Waals surface area contributed by atoms with E-state index in [0.717, 1.165) is 0 Å². The molecule has 0 radical (unpaired) electrons. The molecule has 0 unspecified atom stereocenters. The Morgan fingerprint density at radius 1 is 1.37 bits per heavy atom. The molecule has 13 nitrogen and oxygen atoms in total. The minimum absolute atomic E-state index is 0.154. The second kappa shape index (κ2) is 13.3. The van der Waals surface area contributed by atoms with E-state index in [9.17, 15) is 19.7 Å². The van der Waals surface area contributed by atoms with Gasteiger partial charge in [-0.05, 0) is 42.6 Å². The average molecular weight is 551 g/mol. The first-order valence-corrected chi connectivity index (χ1v) is 11.9. The lowest BCUT2D eigenvalue weighted by Gasteiger charge is -2.25. The third-order valence-corrected chi connectivity index (χ3v) is 5.70. The van der Waals surface area contributed by atoms with Gasteiger partial charge in [-0.1, -0.05) is 0 Å². The van der Waals surface area contributed by atoms with E-state index < -0.39 is 34.7 Å². The maximum Gasteiger partial charge on any atom is 0.433 e. The van der Waals surface area contributed by atoms with Crippen molar-refractivity contribution in [3.8, 4) is 0 Å². The standard InChI is InChI=1S/C23H27FN6O7S/c1-35-22(38)27-13-17-14-29(23(32)37-17)15-2-5-19(18(24)12-15)28(10-8-25)11-9-26-20(31)6-3-16-4-7-21(36-16)30(33)34/h2-7,12,17H,8-11,13-14,25H2,1H3,(H,26,31)(H,27,38)/b6-3+/t17-/m0/s1. The minimum Gasteiger partial charge on any atom is -0.474 e. The van der Waals surface area contributed by atoms with E-state index in [1.165, 1.54) is 48.4 Å². The highest BCUT2D eigenvalue weighted by molar-refractivity contribution is 7.80. The zero-order valence-electron chi connectivity index (χ0n) is 20.4. The van der Waals surface area contributed by atoms with Crippen molar-refractivity contribution in [1.29, 1.82) is 0 Å². The van der Waals surface area contributed by atoms with Crippen LogP contribution < -0.4 is 26.2 Å². The summed E-state index contributed by atoms with van der Waals surface area (Å²) >= 11 is 4.90. The van der Waals surface area contributed by atoms with Crippen molar-refractivity contribution in [2.24, 2.45) is 5.73 Å². The van der Waals surface area contributed by atoms with Crippen LogP contribution in [0.3, 0.4) is 0 Å². The number of halogens is 1. The first-order valence-electron chi connectivity index (χ1n) is 11.5. The van der Waals surface area contributed by atoms with E-state index in [-0.39, 0.29) is 49.3 Å². The number of carbonyl (C=O) groups is 2. The number of carbonyl (C=O) groups excluding carboxylic acids is 2. The molecule has 0 bridgehead atoms. The van der Waals surface area contributed by atoms with Gasteiger partial charge in [0.05, 0.1) is 37.6 Å². The number of cyclic esters (lactones) is 1. The maximum atomic E-state index is 15.1. The molecule has 204 valence electrons. The molecule has 1 aliphatic heterocycles. The molecule has 15 heteroatoms. The van der Waals surface area contributed by atoms with Gasteiger partial charge in [0.15, 0.2) is 0 Å². The monoisotopic (exact) mass is 550 g/mol. The van der Waals surface area contributed by atoms with Crippen LogP contribution in [0.5, 0.6) is 0 Å². The molecule has 1 atom stereocenters. The Balaban J connectivity index is 1.56. The number of hydrogen-bond donors (Lipinski definition) is 3. The minimum atomic E-state index is -0.680. The number of furan rings is 1. The quantitative estimate of drug-likeness (QED) is 0.153. The lowest BCUT2D eigenvalue weighted by molar-refractivity contribution is -0.402. The number of benzene rings is 1. The number of rotatable bonds is 12. The second-order valence-electron chi connectivity index (χ2n) is 7.96. The van der Waals surface area contributed by atoms with Gasteiger partial charge < -0.3 is 35.2 Å². The summed E-state index contributed by atoms with van der Waals surface area (Å²) in [6.07, 6.45) is 1.37. The van der Waals surface area contributed by atoms with Gasteiger partial charge in [-0.3, -0.25) is 19.8 Å². The Kier molecular flexibility index (Phi) is 9.95. The highest BCUT2D eigenvalue weighted by Gasteiger charge is 2.33. The van der Waals surface area contributed by atoms with Crippen LogP contribution in [0, 0.1) is 15.9 Å². The van der Waals surface area contributed by atoms with Gasteiger partial charge in [0.25, 0.3) is 5.17 Å². The summed E-state index contributed by atoms with van der Waals surface area (Å²) in [4.78, 5) is 37.3. The average Bonchev–Trinajstić information content (AvgIpc) is 3.52. The number of amides is 2. The molecular formula is C23H27FN6O7S. The number of nitrogens with two attached hydrogens (primary N) is 1. The number of anilines is 2. The van der Waals surface area contributed by atoms with Gasteiger partial charge >= 0.3 is 12.0 Å². The summed E-state index contributed by atoms with van der Waals surface area (Å²) < 4.78 is 30.2. The van der Waals surface area contributed by atoms with Crippen LogP contribution in [0.1, 0.15) is 5.76 Å². The SMILES string of the molecule is COC(=S)NC[C@H]1CN(c2ccc(N(CCN)CCNC(=O)/C=C/c3ccc([N+](=O)[O-])o3)c(F)c2)C(=O)O1. The van der Waals surface area contributed by atoms with Crippen molar-refractivity contribution in [3.05, 3.63) is 58.1 Å². The van der Waals surface area contributed by atoms with Crippen molar-refractivity contribution in [2.75, 3.05) is 56.2 Å². The zero-order valence-corrected chi connectivity index (χ0v) is 21.2. The number of nitrogens with one attached hydrogen (secondary N) is 2. The molecule has 0 aliphatic carbocycles. The Bertz CT molecular complexity index is 1210. The van der Waals surface area contributed by atoms with E-state index in [1.807, 2.05) is 0 Å². The van der Waals surface area contributed by atoms with Crippen LogP contribution >= 0.6 is 12.2 Å². The van der Waals surface area contributed by atoms with Gasteiger partial charge in [-0.2, -0.15) is 0 Å². The van der Waals surface area contributed by atoms with Crippen LogP contribution in [0.15, 0.2) is 40.8 Å². The third-order valence-electron chi connectivity index (χ3n) is 5.39. The number of hydrogen-bond acceptors (Lipinski definition) is 10. The van der Waals surface area contributed by atoms with E-state index in [4.69, 9.17) is 31.8 Å². The van der Waals surface area contributed by atoms with Gasteiger partial charge in [-0.15, -0.1) is 0 Å². The molecule has 0 saturated carbocycles. The van der Waals surface area contributed by atoms with Crippen molar-refractivity contribution >= 4 is 52.7 Å². The molecular weight excluding hydrogens is 523 g/mol. The molecule has 2 amide bonds. The molecule has 1 aliphatic rings. The van der Waals surface area contributed by atoms with Crippen LogP contribution in [0.25, 0.3) is 6.08 Å². The van der Waals surface area contributed by atoms with Gasteiger partial charge in [0, 0.05) is 32.3 Å². The van der Waals surface area contributed by atoms with E-state index in [0.29, 0.717) is 12.2 Å². The molecule has 1 fully saturated rings. The Morgan fingerprint density at radius 3 is 2.82 bits per heavy atom. The van der Waals surface area contributed by atoms with Gasteiger partial charge in [0.2, 0.25) is 5.91 Å². The molecule has 1 aromatic heterocycles. The number of ether oxygens (including phenoxy) is 2. The summed E-state index contributed by atoms with van der Waals surface area (Å²) in [6, 6.07) is 6.92. The van der Waals surface area contributed by atoms with Crippen LogP contribution in [0.2, 0.25) is 0 Å². The fraction of sp³-hybridized carbons (Fsp3) is 0.348. The van der Waals surface area contributed by atoms with E-state index >= 15 is 4.39 Å². The molecule has 2 aromatic rings. The lowest BCUT2D eigenvalue weighted by Crippen LogP contribution is -2.37. The highest BCUT2D eigenvalue weighted by Crippen LogP contribution is 2.28. The second-order valence-corrected chi connectivity index (χ2v) is 8.33. The van der Waals surface area contributed by atoms with Crippen molar-refractivity contribution in [1.82, 2.24) is 10.6 Å². The van der Waals surface area contributed by atoms with Gasteiger partial charge in [-0.25, -0.2) is 9.18 Å².